The van der Waals surface area contributed by atoms with Gasteiger partial charge >= 0.3 is 0 Å². The average Bonchev–Trinajstić information content (AvgIpc) is 2.67. The second-order valence-corrected chi connectivity index (χ2v) is 7.02. The molecule has 136 valence electrons. The van der Waals surface area contributed by atoms with E-state index in [9.17, 15) is 14.7 Å². The number of piperazine rings is 1. The summed E-state index contributed by atoms with van der Waals surface area (Å²) in [6.07, 6.45) is 0. The zero-order chi connectivity index (χ0) is 18.8. The SMILES string of the molecule is O=C(c1ccccc1)N1CCN(C(=O)c2c(O)c(Cl)cc(Cl)c2Cl)CC1. The van der Waals surface area contributed by atoms with Crippen LogP contribution in [0, 0.1) is 0 Å². The van der Waals surface area contributed by atoms with Gasteiger partial charge in [0.2, 0.25) is 0 Å². The zero-order valence-electron chi connectivity index (χ0n) is 13.6. The lowest BCUT2D eigenvalue weighted by atomic mass is 10.1. The Labute approximate surface area is 165 Å². The minimum atomic E-state index is -0.469. The molecule has 3 rings (SSSR count). The third-order valence-corrected chi connectivity index (χ3v) is 5.31. The Kier molecular flexibility index (Phi) is 5.61. The molecule has 5 nitrogen and oxygen atoms in total. The number of amides is 2. The van der Waals surface area contributed by atoms with Gasteiger partial charge in [-0.1, -0.05) is 53.0 Å². The molecule has 2 aromatic carbocycles. The van der Waals surface area contributed by atoms with Gasteiger partial charge in [-0.05, 0) is 18.2 Å². The molecular weight excluding hydrogens is 399 g/mol. The average molecular weight is 414 g/mol. The molecule has 2 amide bonds. The Balaban J connectivity index is 1.73. The predicted molar refractivity (Wildman–Crippen MR) is 101 cm³/mol. The van der Waals surface area contributed by atoms with Crippen LogP contribution in [0.2, 0.25) is 15.1 Å². The molecule has 0 aliphatic carbocycles. The van der Waals surface area contributed by atoms with E-state index in [2.05, 4.69) is 0 Å². The minimum Gasteiger partial charge on any atom is -0.505 e. The van der Waals surface area contributed by atoms with Crippen LogP contribution in [0.3, 0.4) is 0 Å². The second kappa shape index (κ2) is 7.74. The first kappa shape index (κ1) is 18.8. The molecule has 0 bridgehead atoms. The van der Waals surface area contributed by atoms with E-state index < -0.39 is 11.7 Å². The fraction of sp³-hybridized carbons (Fsp3) is 0.222. The lowest BCUT2D eigenvalue weighted by Crippen LogP contribution is -2.50. The van der Waals surface area contributed by atoms with E-state index in [0.29, 0.717) is 31.7 Å². The van der Waals surface area contributed by atoms with Gasteiger partial charge in [-0.3, -0.25) is 9.59 Å². The number of aromatic hydroxyl groups is 1. The molecule has 8 heteroatoms. The van der Waals surface area contributed by atoms with Crippen molar-refractivity contribution in [3.05, 3.63) is 62.6 Å². The van der Waals surface area contributed by atoms with Crippen LogP contribution in [-0.4, -0.2) is 52.9 Å². The van der Waals surface area contributed by atoms with Crippen LogP contribution in [0.1, 0.15) is 20.7 Å². The topological polar surface area (TPSA) is 60.9 Å². The summed E-state index contributed by atoms with van der Waals surface area (Å²) in [6, 6.07) is 10.3. The number of benzene rings is 2. The number of hydrogen-bond acceptors (Lipinski definition) is 3. The number of carbonyl (C=O) groups is 2. The Hall–Kier alpha value is -1.95. The van der Waals surface area contributed by atoms with Crippen LogP contribution in [0.25, 0.3) is 0 Å². The van der Waals surface area contributed by atoms with Gasteiger partial charge in [0.15, 0.2) is 0 Å². The number of phenols is 1. The summed E-state index contributed by atoms with van der Waals surface area (Å²) in [5, 5.41) is 10.1. The van der Waals surface area contributed by atoms with Crippen LogP contribution < -0.4 is 0 Å². The van der Waals surface area contributed by atoms with E-state index >= 15 is 0 Å². The zero-order valence-corrected chi connectivity index (χ0v) is 15.9. The normalized spacial score (nSPS) is 14.4. The first-order valence-corrected chi connectivity index (χ1v) is 9.03. The van der Waals surface area contributed by atoms with Crippen molar-refractivity contribution >= 4 is 46.6 Å². The van der Waals surface area contributed by atoms with Gasteiger partial charge in [0, 0.05) is 31.7 Å². The van der Waals surface area contributed by atoms with Crippen LogP contribution >= 0.6 is 34.8 Å². The molecule has 1 saturated heterocycles. The summed E-state index contributed by atoms with van der Waals surface area (Å²) < 4.78 is 0. The molecule has 1 heterocycles. The molecule has 0 radical (unpaired) electrons. The van der Waals surface area contributed by atoms with Gasteiger partial charge in [0.25, 0.3) is 11.8 Å². The molecule has 0 unspecified atom stereocenters. The van der Waals surface area contributed by atoms with Crippen molar-refractivity contribution in [2.75, 3.05) is 26.2 Å². The number of rotatable bonds is 2. The molecule has 1 fully saturated rings. The summed E-state index contributed by atoms with van der Waals surface area (Å²) in [5.74, 6) is -0.943. The maximum absolute atomic E-state index is 12.8. The quantitative estimate of drug-likeness (QED) is 0.758. The van der Waals surface area contributed by atoms with E-state index in [0.717, 1.165) is 0 Å². The Morgan fingerprint density at radius 2 is 1.38 bits per heavy atom. The largest absolute Gasteiger partial charge is 0.505 e. The first-order valence-electron chi connectivity index (χ1n) is 7.90. The van der Waals surface area contributed by atoms with Gasteiger partial charge in [-0.25, -0.2) is 0 Å². The van der Waals surface area contributed by atoms with Crippen LogP contribution in [-0.2, 0) is 0 Å². The highest BCUT2D eigenvalue weighted by atomic mass is 35.5. The van der Waals surface area contributed by atoms with E-state index in [1.165, 1.54) is 11.0 Å². The maximum atomic E-state index is 12.8. The van der Waals surface area contributed by atoms with Gasteiger partial charge in [-0.2, -0.15) is 0 Å². The maximum Gasteiger partial charge on any atom is 0.259 e. The number of halogens is 3. The lowest BCUT2D eigenvalue weighted by molar-refractivity contribution is 0.0534. The summed E-state index contributed by atoms with van der Waals surface area (Å²) in [7, 11) is 0. The first-order chi connectivity index (χ1) is 12.4. The van der Waals surface area contributed by atoms with Crippen molar-refractivity contribution in [2.24, 2.45) is 0 Å². The molecule has 1 aliphatic heterocycles. The van der Waals surface area contributed by atoms with Crippen molar-refractivity contribution in [3.8, 4) is 5.75 Å². The monoisotopic (exact) mass is 412 g/mol. The van der Waals surface area contributed by atoms with Crippen molar-refractivity contribution < 1.29 is 14.7 Å². The highest BCUT2D eigenvalue weighted by Crippen LogP contribution is 2.39. The smallest absolute Gasteiger partial charge is 0.259 e. The summed E-state index contributed by atoms with van der Waals surface area (Å²) in [6.45, 7) is 1.40. The van der Waals surface area contributed by atoms with E-state index in [1.54, 1.807) is 29.2 Å². The summed E-state index contributed by atoms with van der Waals surface area (Å²) >= 11 is 17.9. The Bertz CT molecular complexity index is 824. The summed E-state index contributed by atoms with van der Waals surface area (Å²) in [5.41, 5.74) is 0.488. The molecular formula is C18H15Cl3N2O3. The van der Waals surface area contributed by atoms with Crippen LogP contribution in [0.5, 0.6) is 5.75 Å². The molecule has 0 atom stereocenters. The number of carbonyl (C=O) groups excluding carboxylic acids is 2. The standard InChI is InChI=1S/C18H15Cl3N2O3/c19-12-10-13(20)16(24)14(15(12)21)18(26)23-8-6-22(7-9-23)17(25)11-4-2-1-3-5-11/h1-5,10,24H,6-9H2. The van der Waals surface area contributed by atoms with Gasteiger partial charge in [-0.15, -0.1) is 0 Å². The van der Waals surface area contributed by atoms with E-state index in [1.807, 2.05) is 6.07 Å². The van der Waals surface area contributed by atoms with Gasteiger partial charge in [0.05, 0.1) is 15.1 Å². The predicted octanol–water partition coefficient (Wildman–Crippen LogP) is 3.95. The van der Waals surface area contributed by atoms with Crippen molar-refractivity contribution in [1.29, 1.82) is 0 Å². The number of hydrogen-bond donors (Lipinski definition) is 1. The minimum absolute atomic E-state index is 0.0404. The van der Waals surface area contributed by atoms with E-state index in [-0.39, 0.29) is 26.5 Å². The van der Waals surface area contributed by atoms with Crippen LogP contribution in [0.15, 0.2) is 36.4 Å². The van der Waals surface area contributed by atoms with Gasteiger partial charge in [0.1, 0.15) is 11.3 Å². The fourth-order valence-electron chi connectivity index (χ4n) is 2.81. The van der Waals surface area contributed by atoms with Crippen molar-refractivity contribution in [3.63, 3.8) is 0 Å². The third-order valence-electron chi connectivity index (χ3n) is 4.23. The second-order valence-electron chi connectivity index (χ2n) is 5.83. The summed E-state index contributed by atoms with van der Waals surface area (Å²) in [4.78, 5) is 28.4. The molecule has 0 spiro atoms. The Morgan fingerprint density at radius 3 is 1.96 bits per heavy atom. The molecule has 0 aromatic heterocycles. The molecule has 1 N–H and O–H groups in total. The van der Waals surface area contributed by atoms with Crippen LogP contribution in [0.4, 0.5) is 0 Å². The molecule has 2 aromatic rings. The molecule has 26 heavy (non-hydrogen) atoms. The highest BCUT2D eigenvalue weighted by molar-refractivity contribution is 6.45. The Morgan fingerprint density at radius 1 is 0.846 bits per heavy atom. The number of nitrogens with zero attached hydrogens (tertiary/aromatic N) is 2. The van der Waals surface area contributed by atoms with Gasteiger partial charge < -0.3 is 14.9 Å². The van der Waals surface area contributed by atoms with E-state index in [4.69, 9.17) is 34.8 Å². The molecule has 0 saturated carbocycles. The number of phenolic OH excluding ortho intramolecular Hbond substituents is 1. The fourth-order valence-corrected chi connectivity index (χ4v) is 3.50. The third kappa shape index (κ3) is 3.61. The molecule has 1 aliphatic rings. The van der Waals surface area contributed by atoms with Crippen molar-refractivity contribution in [1.82, 2.24) is 9.80 Å². The lowest BCUT2D eigenvalue weighted by Gasteiger charge is -2.35. The van der Waals surface area contributed by atoms with Crippen molar-refractivity contribution in [2.45, 2.75) is 0 Å². The highest BCUT2D eigenvalue weighted by Gasteiger charge is 2.29.